The van der Waals surface area contributed by atoms with Crippen LogP contribution >= 0.6 is 0 Å². The lowest BCUT2D eigenvalue weighted by Crippen LogP contribution is -2.49. The average Bonchev–Trinajstić information content (AvgIpc) is 3.22. The maximum absolute atomic E-state index is 13.9. The van der Waals surface area contributed by atoms with Crippen LogP contribution in [0.5, 0.6) is 11.5 Å². The van der Waals surface area contributed by atoms with Gasteiger partial charge in [-0.05, 0) is 77.1 Å². The second-order valence-electron chi connectivity index (χ2n) is 13.7. The van der Waals surface area contributed by atoms with Crippen LogP contribution in [-0.4, -0.2) is 92.1 Å². The average molecular weight is 779 g/mol. The number of benzene rings is 4. The molecular weight excluding hydrogens is 729 g/mol. The van der Waals surface area contributed by atoms with Crippen LogP contribution in [-0.2, 0) is 32.0 Å². The Morgan fingerprint density at radius 3 is 2.09 bits per heavy atom. The predicted molar refractivity (Wildman–Crippen MR) is 216 cm³/mol. The number of amides is 4. The van der Waals surface area contributed by atoms with Crippen molar-refractivity contribution in [2.75, 3.05) is 46.4 Å². The van der Waals surface area contributed by atoms with E-state index in [1.54, 1.807) is 48.5 Å². The Morgan fingerprint density at radius 1 is 0.860 bits per heavy atom. The van der Waals surface area contributed by atoms with Gasteiger partial charge in [0.15, 0.2) is 0 Å². The van der Waals surface area contributed by atoms with Crippen LogP contribution in [0.4, 0.5) is 0 Å². The Morgan fingerprint density at radius 2 is 1.47 bits per heavy atom. The van der Waals surface area contributed by atoms with E-state index in [9.17, 15) is 29.1 Å². The molecule has 1 heterocycles. The largest absolute Gasteiger partial charge is 0.492 e. The number of carbonyl (C=O) groups excluding carboxylic acids is 4. The number of nitrogens with two attached hydrogens (primary N) is 2. The molecule has 300 valence electrons. The zero-order chi connectivity index (χ0) is 40.9. The van der Waals surface area contributed by atoms with Crippen LogP contribution in [0, 0.1) is 0 Å². The van der Waals surface area contributed by atoms with E-state index < -0.39 is 54.8 Å². The van der Waals surface area contributed by atoms with Gasteiger partial charge in [0.1, 0.15) is 36.8 Å². The van der Waals surface area contributed by atoms with Crippen LogP contribution in [0.1, 0.15) is 52.9 Å². The highest BCUT2D eigenvalue weighted by Gasteiger charge is 2.31. The molecule has 0 spiro atoms. The fourth-order valence-electron chi connectivity index (χ4n) is 6.51. The molecule has 2 unspecified atom stereocenters. The topological polar surface area (TPSA) is 215 Å². The fraction of sp³-hybridized carbons (Fsp3) is 0.326. The molecule has 4 aromatic carbocycles. The first kappa shape index (κ1) is 41.9. The van der Waals surface area contributed by atoms with Gasteiger partial charge in [-0.1, -0.05) is 61.9 Å². The summed E-state index contributed by atoms with van der Waals surface area (Å²) in [6.07, 6.45) is 3.22. The van der Waals surface area contributed by atoms with Gasteiger partial charge in [-0.2, -0.15) is 0 Å². The van der Waals surface area contributed by atoms with E-state index in [1.807, 2.05) is 12.1 Å². The molecule has 0 aromatic heterocycles. The van der Waals surface area contributed by atoms with Gasteiger partial charge in [-0.25, -0.2) is 4.79 Å². The first-order chi connectivity index (χ1) is 27.5. The molecule has 14 nitrogen and oxygen atoms in total. The monoisotopic (exact) mass is 778 g/mol. The summed E-state index contributed by atoms with van der Waals surface area (Å²) in [5.41, 5.74) is 17.0. The van der Waals surface area contributed by atoms with E-state index >= 15 is 0 Å². The summed E-state index contributed by atoms with van der Waals surface area (Å²) in [5.74, 6) is -3.01. The molecule has 57 heavy (non-hydrogen) atoms. The van der Waals surface area contributed by atoms with Crippen molar-refractivity contribution in [1.82, 2.24) is 20.9 Å². The minimum Gasteiger partial charge on any atom is -0.492 e. The normalized spacial score (nSPS) is 15.4. The molecule has 4 amide bonds. The van der Waals surface area contributed by atoms with E-state index in [2.05, 4.69) is 47.1 Å². The van der Waals surface area contributed by atoms with Crippen molar-refractivity contribution < 1.29 is 38.6 Å². The Bertz CT molecular complexity index is 2050. The third kappa shape index (κ3) is 11.0. The third-order valence-corrected chi connectivity index (χ3v) is 9.58. The van der Waals surface area contributed by atoms with E-state index in [0.717, 1.165) is 30.4 Å². The molecule has 0 radical (unpaired) electrons. The number of ether oxygens (including phenoxy) is 2. The lowest BCUT2D eigenvalue weighted by atomic mass is 9.94. The summed E-state index contributed by atoms with van der Waals surface area (Å²) >= 11 is 0. The highest BCUT2D eigenvalue weighted by atomic mass is 16.5. The number of carboxylic acids is 1. The van der Waals surface area contributed by atoms with Gasteiger partial charge in [-0.3, -0.25) is 19.2 Å². The lowest BCUT2D eigenvalue weighted by Gasteiger charge is -2.29. The summed E-state index contributed by atoms with van der Waals surface area (Å²) in [6.45, 7) is 1.93. The Labute approximate surface area is 331 Å². The Kier molecular flexibility index (Phi) is 14.8. The number of aryl methyl sites for hydroxylation is 1. The second-order valence-corrected chi connectivity index (χ2v) is 13.7. The van der Waals surface area contributed by atoms with Gasteiger partial charge in [0, 0.05) is 43.2 Å². The van der Waals surface area contributed by atoms with Crippen molar-refractivity contribution in [2.24, 2.45) is 11.5 Å². The fourth-order valence-corrected chi connectivity index (χ4v) is 6.51. The van der Waals surface area contributed by atoms with Crippen molar-refractivity contribution >= 4 is 29.6 Å². The van der Waals surface area contributed by atoms with Crippen molar-refractivity contribution in [3.8, 4) is 33.8 Å². The van der Waals surface area contributed by atoms with Crippen molar-refractivity contribution in [3.63, 3.8) is 0 Å². The number of nitrogens with zero attached hydrogens (tertiary/aromatic N) is 1. The van der Waals surface area contributed by atoms with E-state index in [1.165, 1.54) is 17.5 Å². The van der Waals surface area contributed by atoms with Gasteiger partial charge in [0.2, 0.25) is 17.7 Å². The second kappa shape index (κ2) is 20.1. The number of aliphatic carboxylic acids is 1. The summed E-state index contributed by atoms with van der Waals surface area (Å²) in [5, 5.41) is 17.6. The molecule has 0 saturated heterocycles. The van der Waals surface area contributed by atoms with E-state index in [-0.39, 0.29) is 32.7 Å². The molecule has 1 aliphatic rings. The molecule has 2 atom stereocenters. The number of likely N-dealkylation sites (N-methyl/N-ethyl adjacent to an activating group) is 1. The summed E-state index contributed by atoms with van der Waals surface area (Å²) in [4.78, 5) is 67.2. The van der Waals surface area contributed by atoms with E-state index in [4.69, 9.17) is 20.9 Å². The van der Waals surface area contributed by atoms with Gasteiger partial charge < -0.3 is 46.9 Å². The van der Waals surface area contributed by atoms with Gasteiger partial charge in [0.25, 0.3) is 5.91 Å². The molecule has 1 aliphatic heterocycles. The standard InChI is InChI=1S/C43H50N6O8/c1-3-4-5-27-6-9-29(10-7-27)30-11-13-31(14-12-30)41(52)47-26-39(51)49(2)40-32-15-17-37(57-21-19-45)34(24-32)33-22-28(8-16-36(33)56-20-18-44)23-35(43(54)55)48-38(50)25-46-42(40)53/h6-17,22,24,35,40H,3-5,18-21,23,25-26,44-45H2,1-2H3,(H,46,53)(H,47,52)(H,48,50)(H,54,55). The maximum Gasteiger partial charge on any atom is 0.326 e. The van der Waals surface area contributed by atoms with Gasteiger partial charge in [0.05, 0.1) is 13.1 Å². The Balaban J connectivity index is 1.43. The molecule has 14 heteroatoms. The SMILES string of the molecule is CCCCc1ccc(-c2ccc(C(=O)NCC(=O)N(C)C3C(=O)NCC(=O)NC(C(=O)O)Cc4ccc(OCCN)c(c4)-c4cc3ccc4OCCN)cc2)cc1. The highest BCUT2D eigenvalue weighted by molar-refractivity contribution is 5.98. The van der Waals surface area contributed by atoms with Crippen LogP contribution in [0.25, 0.3) is 22.3 Å². The molecule has 0 saturated carbocycles. The summed E-state index contributed by atoms with van der Waals surface area (Å²) in [6, 6.07) is 22.8. The minimum atomic E-state index is -1.32. The van der Waals surface area contributed by atoms with Crippen LogP contribution in [0.2, 0.25) is 0 Å². The summed E-state index contributed by atoms with van der Waals surface area (Å²) in [7, 11) is 1.42. The first-order valence-electron chi connectivity index (χ1n) is 19.0. The number of nitrogens with one attached hydrogen (secondary N) is 3. The zero-order valence-corrected chi connectivity index (χ0v) is 32.2. The third-order valence-electron chi connectivity index (χ3n) is 9.58. The minimum absolute atomic E-state index is 0.0689. The molecule has 5 rings (SSSR count). The van der Waals surface area contributed by atoms with Crippen LogP contribution in [0.3, 0.4) is 0 Å². The number of fused-ring (bicyclic) bond motifs is 5. The van der Waals surface area contributed by atoms with Gasteiger partial charge in [-0.15, -0.1) is 0 Å². The Hall–Kier alpha value is -6.25. The van der Waals surface area contributed by atoms with Crippen LogP contribution < -0.4 is 36.9 Å². The number of hydrogen-bond acceptors (Lipinski definition) is 9. The molecular formula is C43H50N6O8. The molecule has 0 fully saturated rings. The summed E-state index contributed by atoms with van der Waals surface area (Å²) < 4.78 is 12.0. The van der Waals surface area contributed by atoms with Crippen molar-refractivity contribution in [3.05, 3.63) is 107 Å². The molecule has 4 bridgehead atoms. The maximum atomic E-state index is 13.9. The number of rotatable bonds is 15. The van der Waals surface area contributed by atoms with E-state index in [0.29, 0.717) is 39.3 Å². The number of unbranched alkanes of at least 4 members (excludes halogenated alkanes) is 1. The molecule has 4 aromatic rings. The van der Waals surface area contributed by atoms with Crippen molar-refractivity contribution in [2.45, 2.75) is 44.7 Å². The number of carboxylic acid groups (broad SMARTS) is 1. The molecule has 8 N–H and O–H groups in total. The lowest BCUT2D eigenvalue weighted by molar-refractivity contribution is -0.142. The smallest absolute Gasteiger partial charge is 0.326 e. The quantitative estimate of drug-likeness (QED) is 0.104. The van der Waals surface area contributed by atoms with Crippen molar-refractivity contribution in [1.29, 1.82) is 0 Å². The highest BCUT2D eigenvalue weighted by Crippen LogP contribution is 2.40. The van der Waals surface area contributed by atoms with Crippen LogP contribution in [0.15, 0.2) is 84.9 Å². The zero-order valence-electron chi connectivity index (χ0n) is 32.2. The number of hydrogen-bond donors (Lipinski definition) is 6. The predicted octanol–water partition coefficient (Wildman–Crippen LogP) is 3.21. The first-order valence-corrected chi connectivity index (χ1v) is 19.0. The van der Waals surface area contributed by atoms with Gasteiger partial charge >= 0.3 is 5.97 Å². The number of carbonyl (C=O) groups is 5. The molecule has 0 aliphatic carbocycles.